The molecule has 35 heavy (non-hydrogen) atoms. The Morgan fingerprint density at radius 1 is 1.20 bits per heavy atom. The molecule has 0 fully saturated rings. The molecule has 0 bridgehead atoms. The average molecular weight is 482 g/mol. The first kappa shape index (κ1) is 26.2. The molecule has 0 amide bonds. The van der Waals surface area contributed by atoms with Crippen LogP contribution in [0.1, 0.15) is 55.9 Å². The number of hydrogen-bond acceptors (Lipinski definition) is 4. The van der Waals surface area contributed by atoms with E-state index >= 15 is 4.39 Å². The molecule has 0 spiro atoms. The van der Waals surface area contributed by atoms with E-state index < -0.39 is 11.9 Å². The molecule has 0 saturated heterocycles. The molecule has 2 aromatic carbocycles. The quantitative estimate of drug-likeness (QED) is 0.240. The Morgan fingerprint density at radius 3 is 2.57 bits per heavy atom. The van der Waals surface area contributed by atoms with Gasteiger partial charge in [0.15, 0.2) is 11.6 Å². The maximum Gasteiger partial charge on any atom is 0.173 e. The second-order valence-corrected chi connectivity index (χ2v) is 8.72. The Balaban J connectivity index is 1.65. The fraction of sp³-hybridized carbons (Fsp3) is 0.321. The van der Waals surface area contributed by atoms with Gasteiger partial charge in [-0.3, -0.25) is 0 Å². The smallest absolute Gasteiger partial charge is 0.173 e. The van der Waals surface area contributed by atoms with Crippen LogP contribution in [0.25, 0.3) is 5.57 Å². The minimum atomic E-state index is -0.736. The van der Waals surface area contributed by atoms with Crippen LogP contribution in [0.3, 0.4) is 0 Å². The predicted octanol–water partition coefficient (Wildman–Crippen LogP) is 6.21. The lowest BCUT2D eigenvalue weighted by Crippen LogP contribution is -2.25. The van der Waals surface area contributed by atoms with Gasteiger partial charge in [-0.1, -0.05) is 44.7 Å². The summed E-state index contributed by atoms with van der Waals surface area (Å²) in [6, 6.07) is 9.26. The summed E-state index contributed by atoms with van der Waals surface area (Å²) in [6.07, 6.45) is 6.29. The van der Waals surface area contributed by atoms with E-state index in [9.17, 15) is 9.50 Å². The van der Waals surface area contributed by atoms with Gasteiger partial charge < -0.3 is 15.6 Å². The van der Waals surface area contributed by atoms with Gasteiger partial charge in [0.1, 0.15) is 11.7 Å². The third kappa shape index (κ3) is 6.57. The fourth-order valence-electron chi connectivity index (χ4n) is 3.59. The van der Waals surface area contributed by atoms with Crippen molar-refractivity contribution in [1.29, 1.82) is 0 Å². The minimum Gasteiger partial charge on any atom is -0.490 e. The zero-order chi connectivity index (χ0) is 25.5. The van der Waals surface area contributed by atoms with Gasteiger partial charge in [0.05, 0.1) is 18.4 Å². The Labute approximate surface area is 205 Å². The molecular formula is C28H33F2N3O2. The number of aliphatic hydroxyl groups is 1. The number of nitrogens with zero attached hydrogens (tertiary/aromatic N) is 2. The summed E-state index contributed by atoms with van der Waals surface area (Å²) in [5.74, 6) is 0.0332. The van der Waals surface area contributed by atoms with Crippen molar-refractivity contribution in [2.24, 2.45) is 16.8 Å². The molecule has 0 aliphatic carbocycles. The lowest BCUT2D eigenvalue weighted by molar-refractivity contribution is 0.154. The summed E-state index contributed by atoms with van der Waals surface area (Å²) >= 11 is 0. The molecule has 0 saturated carbocycles. The topological polar surface area (TPSA) is 71.1 Å². The SMILES string of the molecule is C=C1C=C(c2ccc(C)c(OCCCC(O)c3ccc(F)cc3)c2F)C=CN1/N=C(/N)C(C)CC. The van der Waals surface area contributed by atoms with E-state index in [2.05, 4.69) is 11.7 Å². The summed E-state index contributed by atoms with van der Waals surface area (Å²) in [4.78, 5) is 0. The van der Waals surface area contributed by atoms with E-state index in [0.717, 1.165) is 6.42 Å². The van der Waals surface area contributed by atoms with Gasteiger partial charge in [-0.25, -0.2) is 13.8 Å². The second kappa shape index (κ2) is 11.8. The molecule has 1 aliphatic heterocycles. The van der Waals surface area contributed by atoms with Crippen LogP contribution < -0.4 is 10.5 Å². The number of aryl methyl sites for hydroxylation is 1. The number of rotatable bonds is 10. The number of ether oxygens (including phenoxy) is 1. The minimum absolute atomic E-state index is 0.146. The van der Waals surface area contributed by atoms with Crippen molar-refractivity contribution in [2.75, 3.05) is 6.61 Å². The highest BCUT2D eigenvalue weighted by Gasteiger charge is 2.18. The first-order valence-electron chi connectivity index (χ1n) is 11.8. The van der Waals surface area contributed by atoms with E-state index in [1.165, 1.54) is 12.1 Å². The van der Waals surface area contributed by atoms with Crippen LogP contribution in [0.4, 0.5) is 8.78 Å². The standard InChI is InChI=1S/C28H33F2N3O2/c1-5-18(2)28(31)32-33-15-14-22(17-20(33)4)24-13-8-19(3)27(26(24)30)35-16-6-7-25(34)21-9-11-23(29)12-10-21/h8-15,17-18,25,34H,4-7,16H2,1-3H3,(H2,31,32). The van der Waals surface area contributed by atoms with Gasteiger partial charge in [-0.2, -0.15) is 5.10 Å². The summed E-state index contributed by atoms with van der Waals surface area (Å²) in [5, 5.41) is 16.3. The number of allylic oxidation sites excluding steroid dienone is 3. The molecule has 5 nitrogen and oxygen atoms in total. The van der Waals surface area contributed by atoms with Gasteiger partial charge in [0.2, 0.25) is 0 Å². The summed E-state index contributed by atoms with van der Waals surface area (Å²) in [6.45, 7) is 10.1. The van der Waals surface area contributed by atoms with Crippen molar-refractivity contribution in [3.8, 4) is 5.75 Å². The summed E-state index contributed by atoms with van der Waals surface area (Å²) in [5.41, 5.74) is 8.98. The number of hydrazone groups is 1. The first-order valence-corrected chi connectivity index (χ1v) is 11.8. The lowest BCUT2D eigenvalue weighted by Gasteiger charge is -2.22. The number of benzene rings is 2. The summed E-state index contributed by atoms with van der Waals surface area (Å²) < 4.78 is 34.2. The normalized spacial score (nSPS) is 15.7. The van der Waals surface area contributed by atoms with Crippen molar-refractivity contribution in [3.05, 3.63) is 95.4 Å². The molecule has 1 heterocycles. The van der Waals surface area contributed by atoms with E-state index in [-0.39, 0.29) is 24.1 Å². The Kier molecular flexibility index (Phi) is 8.82. The Morgan fingerprint density at radius 2 is 1.91 bits per heavy atom. The predicted molar refractivity (Wildman–Crippen MR) is 136 cm³/mol. The van der Waals surface area contributed by atoms with Crippen LogP contribution >= 0.6 is 0 Å². The van der Waals surface area contributed by atoms with Crippen LogP contribution in [0.15, 0.2) is 72.1 Å². The zero-order valence-electron chi connectivity index (χ0n) is 20.5. The highest BCUT2D eigenvalue weighted by molar-refractivity contribution is 5.83. The lowest BCUT2D eigenvalue weighted by atomic mass is 10.00. The van der Waals surface area contributed by atoms with Crippen LogP contribution in [0.2, 0.25) is 0 Å². The number of hydrogen-bond donors (Lipinski definition) is 2. The second-order valence-electron chi connectivity index (χ2n) is 8.72. The average Bonchev–Trinajstić information content (AvgIpc) is 2.84. The highest BCUT2D eigenvalue weighted by atomic mass is 19.1. The maximum absolute atomic E-state index is 15.4. The highest BCUT2D eigenvalue weighted by Crippen LogP contribution is 2.33. The monoisotopic (exact) mass is 481 g/mol. The third-order valence-electron chi connectivity index (χ3n) is 6.08. The van der Waals surface area contributed by atoms with Crippen LogP contribution in [-0.2, 0) is 0 Å². The molecular weight excluding hydrogens is 448 g/mol. The molecule has 2 unspecified atom stereocenters. The first-order chi connectivity index (χ1) is 16.7. The molecule has 0 aromatic heterocycles. The van der Waals surface area contributed by atoms with Gasteiger partial charge >= 0.3 is 0 Å². The van der Waals surface area contributed by atoms with Crippen molar-refractivity contribution in [2.45, 2.75) is 46.1 Å². The van der Waals surface area contributed by atoms with Crippen molar-refractivity contribution < 1.29 is 18.6 Å². The number of nitrogens with two attached hydrogens (primary N) is 1. The Hall–Kier alpha value is -3.45. The third-order valence-corrected chi connectivity index (χ3v) is 6.08. The molecule has 2 aromatic rings. The molecule has 7 heteroatoms. The van der Waals surface area contributed by atoms with Crippen molar-refractivity contribution >= 4 is 11.4 Å². The van der Waals surface area contributed by atoms with Gasteiger partial charge in [0.25, 0.3) is 0 Å². The van der Waals surface area contributed by atoms with Crippen molar-refractivity contribution in [1.82, 2.24) is 5.01 Å². The molecule has 186 valence electrons. The number of halogens is 2. The summed E-state index contributed by atoms with van der Waals surface area (Å²) in [7, 11) is 0. The zero-order valence-corrected chi connectivity index (χ0v) is 20.5. The molecule has 0 radical (unpaired) electrons. The van der Waals surface area contributed by atoms with E-state index in [0.29, 0.717) is 46.6 Å². The van der Waals surface area contributed by atoms with Crippen LogP contribution in [0.5, 0.6) is 5.75 Å². The van der Waals surface area contributed by atoms with Crippen LogP contribution in [-0.4, -0.2) is 22.6 Å². The van der Waals surface area contributed by atoms with Gasteiger partial charge in [-0.05, 0) is 67.2 Å². The van der Waals surface area contributed by atoms with Crippen LogP contribution in [0, 0.1) is 24.5 Å². The molecule has 3 N–H and O–H groups in total. The van der Waals surface area contributed by atoms with Gasteiger partial charge in [0, 0.05) is 17.7 Å². The molecule has 1 aliphatic rings. The largest absolute Gasteiger partial charge is 0.490 e. The van der Waals surface area contributed by atoms with Crippen molar-refractivity contribution in [3.63, 3.8) is 0 Å². The molecule has 3 rings (SSSR count). The number of aliphatic hydroxyl groups excluding tert-OH is 1. The fourth-order valence-corrected chi connectivity index (χ4v) is 3.59. The molecule has 2 atom stereocenters. The Bertz CT molecular complexity index is 1140. The van der Waals surface area contributed by atoms with E-state index in [1.54, 1.807) is 48.5 Å². The van der Waals surface area contributed by atoms with Gasteiger partial charge in [-0.15, -0.1) is 0 Å². The number of amidine groups is 1. The maximum atomic E-state index is 15.4. The van der Waals surface area contributed by atoms with E-state index in [1.807, 2.05) is 19.9 Å². The van der Waals surface area contributed by atoms with E-state index in [4.69, 9.17) is 10.5 Å².